The lowest BCUT2D eigenvalue weighted by atomic mass is 10.0. The summed E-state index contributed by atoms with van der Waals surface area (Å²) in [5, 5.41) is 10.3. The highest BCUT2D eigenvalue weighted by Crippen LogP contribution is 2.16. The second kappa shape index (κ2) is 13.2. The highest BCUT2D eigenvalue weighted by atomic mass is 127. The number of benzene rings is 2. The predicted molar refractivity (Wildman–Crippen MR) is 145 cm³/mol. The number of aliphatic imine (C=N–C) groups is 1. The predicted octanol–water partition coefficient (Wildman–Crippen LogP) is 3.94. The second-order valence-corrected chi connectivity index (χ2v) is 10.5. The fraction of sp³-hybridized carbons (Fsp3) is 0.458. The maximum Gasteiger partial charge on any atom is 0.191 e. The number of guanidine groups is 1. The molecule has 2 aromatic rings. The summed E-state index contributed by atoms with van der Waals surface area (Å²) in [6, 6.07) is 17.7. The largest absolute Gasteiger partial charge is 0.357 e. The van der Waals surface area contributed by atoms with Crippen LogP contribution in [0.25, 0.3) is 0 Å². The molecular formula is C24H37IN4O2S. The molecule has 1 atom stereocenters. The van der Waals surface area contributed by atoms with Crippen LogP contribution in [-0.4, -0.2) is 45.8 Å². The molecule has 0 saturated heterocycles. The molecule has 0 spiro atoms. The van der Waals surface area contributed by atoms with Gasteiger partial charge in [0.1, 0.15) is 0 Å². The van der Waals surface area contributed by atoms with Crippen molar-refractivity contribution in [2.75, 3.05) is 25.9 Å². The van der Waals surface area contributed by atoms with Gasteiger partial charge >= 0.3 is 0 Å². The molecule has 1 unspecified atom stereocenters. The topological polar surface area (TPSA) is 82.6 Å². The van der Waals surface area contributed by atoms with Crippen molar-refractivity contribution in [3.05, 3.63) is 65.7 Å². The molecule has 0 radical (unpaired) electrons. The molecule has 32 heavy (non-hydrogen) atoms. The molecule has 0 aliphatic rings. The number of hydrogen-bond donors (Lipinski definition) is 3. The van der Waals surface area contributed by atoms with Crippen molar-refractivity contribution in [3.8, 4) is 0 Å². The third-order valence-corrected chi connectivity index (χ3v) is 6.07. The quantitative estimate of drug-likeness (QED) is 0.228. The van der Waals surface area contributed by atoms with E-state index in [4.69, 9.17) is 4.99 Å². The molecule has 178 valence electrons. The molecule has 0 aliphatic carbocycles. The summed E-state index contributed by atoms with van der Waals surface area (Å²) in [7, 11) is -3.16. The van der Waals surface area contributed by atoms with Crippen molar-refractivity contribution in [2.24, 2.45) is 4.99 Å². The van der Waals surface area contributed by atoms with Gasteiger partial charge in [0.05, 0.1) is 11.4 Å². The molecule has 3 N–H and O–H groups in total. The zero-order valence-electron chi connectivity index (χ0n) is 19.7. The van der Waals surface area contributed by atoms with E-state index in [1.54, 1.807) is 12.1 Å². The van der Waals surface area contributed by atoms with Crippen LogP contribution in [0.4, 0.5) is 0 Å². The average Bonchev–Trinajstić information content (AvgIpc) is 2.72. The molecule has 6 nitrogen and oxygen atoms in total. The smallest absolute Gasteiger partial charge is 0.191 e. The van der Waals surface area contributed by atoms with Crippen LogP contribution in [0.5, 0.6) is 0 Å². The van der Waals surface area contributed by atoms with Gasteiger partial charge < -0.3 is 16.0 Å². The first-order valence-electron chi connectivity index (χ1n) is 10.7. The molecule has 2 rings (SSSR count). The summed E-state index contributed by atoms with van der Waals surface area (Å²) < 4.78 is 23.2. The van der Waals surface area contributed by atoms with Crippen LogP contribution < -0.4 is 16.0 Å². The van der Waals surface area contributed by atoms with Crippen LogP contribution in [0.1, 0.15) is 44.9 Å². The number of sulfone groups is 1. The van der Waals surface area contributed by atoms with Gasteiger partial charge in [-0.05, 0) is 57.4 Å². The minimum Gasteiger partial charge on any atom is -0.357 e. The van der Waals surface area contributed by atoms with Gasteiger partial charge in [0, 0.05) is 30.9 Å². The Kier molecular flexibility index (Phi) is 11.7. The Labute approximate surface area is 210 Å². The Hall–Kier alpha value is -1.65. The maximum absolute atomic E-state index is 11.6. The summed E-state index contributed by atoms with van der Waals surface area (Å²) in [5.74, 6) is 0.775. The molecule has 0 heterocycles. The summed E-state index contributed by atoms with van der Waals surface area (Å²) in [4.78, 5) is 5.11. The molecule has 0 aliphatic heterocycles. The van der Waals surface area contributed by atoms with Crippen molar-refractivity contribution in [1.82, 2.24) is 16.0 Å². The number of hydrogen-bond acceptors (Lipinski definition) is 4. The number of nitrogens with one attached hydrogen (secondary N) is 3. The van der Waals surface area contributed by atoms with Crippen LogP contribution in [-0.2, 0) is 16.3 Å². The van der Waals surface area contributed by atoms with Crippen molar-refractivity contribution in [1.29, 1.82) is 0 Å². The van der Waals surface area contributed by atoms with E-state index in [2.05, 4.69) is 61.0 Å². The fourth-order valence-electron chi connectivity index (χ4n) is 3.30. The van der Waals surface area contributed by atoms with E-state index < -0.39 is 9.84 Å². The van der Waals surface area contributed by atoms with E-state index in [1.165, 1.54) is 11.8 Å². The molecule has 0 saturated carbocycles. The summed E-state index contributed by atoms with van der Waals surface area (Å²) in [6.45, 7) is 10.6. The number of rotatable bonds is 10. The molecule has 0 aromatic heterocycles. The summed E-state index contributed by atoms with van der Waals surface area (Å²) in [5.41, 5.74) is 2.17. The van der Waals surface area contributed by atoms with Gasteiger partial charge in [-0.2, -0.15) is 0 Å². The Balaban J connectivity index is 0.00000512. The first-order valence-corrected chi connectivity index (χ1v) is 12.6. The minimum absolute atomic E-state index is 0. The molecule has 8 heteroatoms. The fourth-order valence-corrected chi connectivity index (χ4v) is 3.93. The van der Waals surface area contributed by atoms with Gasteiger partial charge in [-0.15, -0.1) is 24.0 Å². The first kappa shape index (κ1) is 28.4. The zero-order chi connectivity index (χ0) is 22.9. The first-order chi connectivity index (χ1) is 14.6. The van der Waals surface area contributed by atoms with Crippen LogP contribution in [0.15, 0.2) is 64.5 Å². The second-order valence-electron chi connectivity index (χ2n) is 8.45. The molecule has 0 fully saturated rings. The molecular weight excluding hydrogens is 535 g/mol. The van der Waals surface area contributed by atoms with Crippen LogP contribution in [0, 0.1) is 0 Å². The van der Waals surface area contributed by atoms with Crippen molar-refractivity contribution < 1.29 is 8.42 Å². The van der Waals surface area contributed by atoms with Crippen LogP contribution in [0.2, 0.25) is 0 Å². The van der Waals surface area contributed by atoms with Crippen LogP contribution >= 0.6 is 24.0 Å². The van der Waals surface area contributed by atoms with E-state index in [-0.39, 0.29) is 35.6 Å². The van der Waals surface area contributed by atoms with Gasteiger partial charge in [-0.25, -0.2) is 8.42 Å². The monoisotopic (exact) mass is 572 g/mol. The number of halogens is 1. The van der Waals surface area contributed by atoms with Gasteiger partial charge in [-0.1, -0.05) is 42.5 Å². The van der Waals surface area contributed by atoms with Crippen molar-refractivity contribution in [2.45, 2.75) is 50.6 Å². The van der Waals surface area contributed by atoms with Gasteiger partial charge in [0.2, 0.25) is 0 Å². The van der Waals surface area contributed by atoms with Crippen LogP contribution in [0.3, 0.4) is 0 Å². The van der Waals surface area contributed by atoms with Gasteiger partial charge in [0.15, 0.2) is 15.8 Å². The lowest BCUT2D eigenvalue weighted by molar-refractivity contribution is 0.356. The van der Waals surface area contributed by atoms with E-state index in [0.29, 0.717) is 18.0 Å². The van der Waals surface area contributed by atoms with Crippen molar-refractivity contribution >= 4 is 39.8 Å². The van der Waals surface area contributed by atoms with Gasteiger partial charge in [0.25, 0.3) is 0 Å². The average molecular weight is 573 g/mol. The lowest BCUT2D eigenvalue weighted by Crippen LogP contribution is -2.45. The lowest BCUT2D eigenvalue weighted by Gasteiger charge is -2.29. The van der Waals surface area contributed by atoms with Gasteiger partial charge in [-0.3, -0.25) is 4.99 Å². The highest BCUT2D eigenvalue weighted by molar-refractivity contribution is 14.0. The maximum atomic E-state index is 11.6. The summed E-state index contributed by atoms with van der Waals surface area (Å²) in [6.07, 6.45) is 2.00. The molecule has 0 bridgehead atoms. The Morgan fingerprint density at radius 3 is 2.22 bits per heavy atom. The Bertz CT molecular complexity index is 946. The number of nitrogens with zero attached hydrogens (tertiary/aromatic N) is 1. The van der Waals surface area contributed by atoms with Crippen molar-refractivity contribution in [3.63, 3.8) is 0 Å². The Morgan fingerprint density at radius 1 is 1.03 bits per heavy atom. The van der Waals surface area contributed by atoms with E-state index >= 15 is 0 Å². The zero-order valence-corrected chi connectivity index (χ0v) is 22.8. The van der Waals surface area contributed by atoms with E-state index in [9.17, 15) is 8.42 Å². The standard InChI is InChI=1S/C24H36N4O2S.HI/c1-6-25-23(26-17-16-20-12-14-22(15-13-20)31(5,29)30)27-18-24(3,4)28-19(2)21-10-8-7-9-11-21;/h7-15,19,28H,6,16-18H2,1-5H3,(H2,25,26,27);1H. The molecule has 2 aromatic carbocycles. The van der Waals surface area contributed by atoms with E-state index in [0.717, 1.165) is 24.5 Å². The minimum atomic E-state index is -3.16. The van der Waals surface area contributed by atoms with E-state index in [1.807, 2.05) is 25.1 Å². The third kappa shape index (κ3) is 9.87. The summed E-state index contributed by atoms with van der Waals surface area (Å²) >= 11 is 0. The molecule has 0 amide bonds. The Morgan fingerprint density at radius 2 is 1.66 bits per heavy atom. The highest BCUT2D eigenvalue weighted by Gasteiger charge is 2.20. The third-order valence-electron chi connectivity index (χ3n) is 4.94. The normalized spacial score (nSPS) is 13.2. The SMILES string of the molecule is CCNC(=NCC(C)(C)NC(C)c1ccccc1)NCCc1ccc(S(C)(=O)=O)cc1.I.